The summed E-state index contributed by atoms with van der Waals surface area (Å²) in [6, 6.07) is 0.951. The number of hydrogen-bond donors (Lipinski definition) is 0. The lowest BCUT2D eigenvalue weighted by molar-refractivity contribution is 0.623. The Morgan fingerprint density at radius 1 is 1.67 bits per heavy atom. The first-order valence-electron chi connectivity index (χ1n) is 2.92. The maximum Gasteiger partial charge on any atom is 0.154 e. The van der Waals surface area contributed by atoms with Crippen LogP contribution in [0.2, 0.25) is 5.02 Å². The molecule has 0 unspecified atom stereocenters. The van der Waals surface area contributed by atoms with Crippen molar-refractivity contribution in [2.24, 2.45) is 0 Å². The van der Waals surface area contributed by atoms with Crippen molar-refractivity contribution in [3.05, 3.63) is 32.9 Å². The molecule has 0 aliphatic rings. The molecule has 0 saturated heterocycles. The van der Waals surface area contributed by atoms with Crippen molar-refractivity contribution >= 4 is 40.0 Å². The average molecular weight is 301 g/mol. The Labute approximate surface area is 86.6 Å². The van der Waals surface area contributed by atoms with Gasteiger partial charge in [-0.2, -0.15) is 0 Å². The average Bonchev–Trinajstić information content (AvgIpc) is 2.08. The Kier molecular flexibility index (Phi) is 3.39. The number of hydrogen-bond acceptors (Lipinski definition) is 1. The molecule has 0 atom stereocenters. The topological polar surface area (TPSA) is 12.9 Å². The minimum absolute atomic E-state index is 0.0497. The van der Waals surface area contributed by atoms with Crippen LogP contribution >= 0.6 is 34.2 Å². The molecule has 1 heterocycles. The number of aromatic nitrogens is 1. The second kappa shape index (κ2) is 4.13. The summed E-state index contributed by atoms with van der Waals surface area (Å²) < 4.78 is 26.6. The van der Waals surface area contributed by atoms with Crippen molar-refractivity contribution in [2.75, 3.05) is 0 Å². The van der Waals surface area contributed by atoms with Crippen LogP contribution in [-0.4, -0.2) is 4.98 Å². The molecule has 0 aliphatic carbocycles. The predicted molar refractivity (Wildman–Crippen MR) is 52.3 cm³/mol. The summed E-state index contributed by atoms with van der Waals surface area (Å²) in [7, 11) is 0. The van der Waals surface area contributed by atoms with Crippen LogP contribution in [0.15, 0.2) is 16.3 Å². The van der Waals surface area contributed by atoms with E-state index >= 15 is 0 Å². The summed E-state index contributed by atoms with van der Waals surface area (Å²) in [6.07, 6.45) is 1.08. The van der Waals surface area contributed by atoms with Gasteiger partial charge in [0.2, 0.25) is 0 Å². The van der Waals surface area contributed by atoms with Crippen molar-refractivity contribution < 1.29 is 8.78 Å². The zero-order valence-electron chi connectivity index (χ0n) is 5.69. The third kappa shape index (κ3) is 2.13. The van der Waals surface area contributed by atoms with Crippen LogP contribution < -0.4 is 0 Å². The van der Waals surface area contributed by atoms with E-state index < -0.39 is 11.6 Å². The zero-order valence-corrected chi connectivity index (χ0v) is 8.60. The summed E-state index contributed by atoms with van der Waals surface area (Å²) in [4.78, 5) is 3.59. The Morgan fingerprint density at radius 3 is 2.83 bits per heavy atom. The second-order valence-electron chi connectivity index (χ2n) is 1.94. The Hall–Kier alpha value is -0.230. The highest BCUT2D eigenvalue weighted by atomic mass is 127. The number of halogens is 4. The molecule has 0 radical (unpaired) electrons. The van der Waals surface area contributed by atoms with Gasteiger partial charge in [0, 0.05) is 16.3 Å². The van der Waals surface area contributed by atoms with Gasteiger partial charge in [0.05, 0.1) is 5.02 Å². The van der Waals surface area contributed by atoms with Crippen molar-refractivity contribution in [3.63, 3.8) is 0 Å². The normalized spacial score (nSPS) is 11.8. The first-order chi connectivity index (χ1) is 5.65. The van der Waals surface area contributed by atoms with Gasteiger partial charge < -0.3 is 0 Å². The van der Waals surface area contributed by atoms with Gasteiger partial charge >= 0.3 is 0 Å². The minimum atomic E-state index is -0.671. The Balaban J connectivity index is 3.13. The molecule has 12 heavy (non-hydrogen) atoms. The summed E-state index contributed by atoms with van der Waals surface area (Å²) >= 11 is 7.05. The molecule has 5 heteroatoms. The van der Waals surface area contributed by atoms with E-state index in [1.807, 2.05) is 0 Å². The molecule has 0 saturated carbocycles. The van der Waals surface area contributed by atoms with E-state index in [9.17, 15) is 8.78 Å². The van der Waals surface area contributed by atoms with Gasteiger partial charge in [-0.05, 0) is 22.6 Å². The van der Waals surface area contributed by atoms with Gasteiger partial charge in [-0.1, -0.05) is 11.6 Å². The zero-order chi connectivity index (χ0) is 9.14. The van der Waals surface area contributed by atoms with Crippen LogP contribution in [0.5, 0.6) is 0 Å². The van der Waals surface area contributed by atoms with Gasteiger partial charge in [-0.15, -0.1) is 0 Å². The first kappa shape index (κ1) is 9.85. The molecule has 0 aromatic carbocycles. The summed E-state index contributed by atoms with van der Waals surface area (Å²) in [5, 5.41) is -0.111. The van der Waals surface area contributed by atoms with E-state index in [0.29, 0.717) is 0 Å². The van der Waals surface area contributed by atoms with Crippen LogP contribution in [0.4, 0.5) is 8.78 Å². The van der Waals surface area contributed by atoms with Crippen molar-refractivity contribution in [1.29, 1.82) is 0 Å². The molecule has 0 fully saturated rings. The van der Waals surface area contributed by atoms with Crippen LogP contribution in [0.25, 0.3) is 5.83 Å². The van der Waals surface area contributed by atoms with Crippen molar-refractivity contribution in [1.82, 2.24) is 4.98 Å². The van der Waals surface area contributed by atoms with Gasteiger partial charge in [0.1, 0.15) is 11.5 Å². The molecule has 1 nitrogen and oxygen atoms in total. The highest BCUT2D eigenvalue weighted by Gasteiger charge is 2.05. The summed E-state index contributed by atoms with van der Waals surface area (Å²) in [6.45, 7) is 0. The standard InChI is InChI=1S/C7H3ClF2IN/c8-4-3-12-7(1-5(4)9)6(10)2-11/h1-3H. The molecule has 0 aliphatic heterocycles. The van der Waals surface area contributed by atoms with E-state index in [0.717, 1.165) is 12.3 Å². The van der Waals surface area contributed by atoms with Crippen LogP contribution in [0.3, 0.4) is 0 Å². The molecule has 64 valence electrons. The molecule has 0 spiro atoms. The van der Waals surface area contributed by atoms with E-state index in [2.05, 4.69) is 4.98 Å². The molecular formula is C7H3ClF2IN. The van der Waals surface area contributed by atoms with Crippen LogP contribution in [0.1, 0.15) is 5.69 Å². The highest BCUT2D eigenvalue weighted by Crippen LogP contribution is 2.19. The van der Waals surface area contributed by atoms with E-state index in [4.69, 9.17) is 11.6 Å². The van der Waals surface area contributed by atoms with Gasteiger partial charge in [-0.25, -0.2) is 8.78 Å². The van der Waals surface area contributed by atoms with Crippen LogP contribution in [0, 0.1) is 5.82 Å². The van der Waals surface area contributed by atoms with E-state index in [1.165, 1.54) is 4.08 Å². The molecule has 1 rings (SSSR count). The summed E-state index contributed by atoms with van der Waals surface area (Å²) in [5.74, 6) is -1.25. The van der Waals surface area contributed by atoms with Gasteiger partial charge in [0.25, 0.3) is 0 Å². The molecule has 1 aromatic heterocycles. The lowest BCUT2D eigenvalue weighted by Crippen LogP contribution is -1.87. The lowest BCUT2D eigenvalue weighted by atomic mass is 10.3. The third-order valence-corrected chi connectivity index (χ3v) is 1.97. The van der Waals surface area contributed by atoms with Crippen LogP contribution in [-0.2, 0) is 0 Å². The largest absolute Gasteiger partial charge is 0.252 e. The SMILES string of the molecule is FC(=CI)c1cc(F)c(Cl)cn1. The Bertz CT molecular complexity index is 327. The fourth-order valence-electron chi connectivity index (χ4n) is 0.601. The minimum Gasteiger partial charge on any atom is -0.252 e. The molecule has 0 amide bonds. The summed E-state index contributed by atoms with van der Waals surface area (Å²) in [5.41, 5.74) is -0.0497. The molecule has 0 bridgehead atoms. The molecule has 1 aromatic rings. The van der Waals surface area contributed by atoms with E-state index in [-0.39, 0.29) is 10.7 Å². The monoisotopic (exact) mass is 301 g/mol. The van der Waals surface area contributed by atoms with Gasteiger partial charge in [0.15, 0.2) is 5.83 Å². The second-order valence-corrected chi connectivity index (χ2v) is 2.97. The fraction of sp³-hybridized carbons (Fsp3) is 0. The smallest absolute Gasteiger partial charge is 0.154 e. The molecular weight excluding hydrogens is 298 g/mol. The number of nitrogens with zero attached hydrogens (tertiary/aromatic N) is 1. The predicted octanol–water partition coefficient (Wildman–Crippen LogP) is 3.58. The number of rotatable bonds is 1. The van der Waals surface area contributed by atoms with Crippen molar-refractivity contribution in [2.45, 2.75) is 0 Å². The Morgan fingerprint density at radius 2 is 2.33 bits per heavy atom. The molecule has 0 N–H and O–H groups in total. The number of pyridine rings is 1. The maximum atomic E-state index is 12.8. The van der Waals surface area contributed by atoms with Crippen molar-refractivity contribution in [3.8, 4) is 0 Å². The van der Waals surface area contributed by atoms with Gasteiger partial charge in [-0.3, -0.25) is 4.98 Å². The van der Waals surface area contributed by atoms with E-state index in [1.54, 1.807) is 22.6 Å². The lowest BCUT2D eigenvalue weighted by Gasteiger charge is -1.96. The quantitative estimate of drug-likeness (QED) is 0.723. The highest BCUT2D eigenvalue weighted by molar-refractivity contribution is 14.1. The third-order valence-electron chi connectivity index (χ3n) is 1.15. The fourth-order valence-corrected chi connectivity index (χ4v) is 1.02. The maximum absolute atomic E-state index is 12.8. The first-order valence-corrected chi connectivity index (χ1v) is 4.55.